The van der Waals surface area contributed by atoms with Crippen LogP contribution in [0.2, 0.25) is 0 Å². The van der Waals surface area contributed by atoms with Gasteiger partial charge in [0.05, 0.1) is 0 Å². The molecular formula is C13H17NO3S. The molecule has 0 saturated carbocycles. The molecule has 3 rings (SSSR count). The van der Waals surface area contributed by atoms with Crippen molar-refractivity contribution in [3.05, 3.63) is 23.8 Å². The van der Waals surface area contributed by atoms with Gasteiger partial charge < -0.3 is 0 Å². The van der Waals surface area contributed by atoms with E-state index >= 15 is 0 Å². The zero-order valence-corrected chi connectivity index (χ0v) is 11.2. The lowest BCUT2D eigenvalue weighted by Gasteiger charge is -2.37. The van der Waals surface area contributed by atoms with Gasteiger partial charge in [-0.05, 0) is 25.2 Å². The second-order valence-electron chi connectivity index (χ2n) is 5.35. The first-order valence-corrected chi connectivity index (χ1v) is 7.88. The fourth-order valence-corrected chi connectivity index (χ4v) is 5.23. The molecular weight excluding hydrogens is 250 g/mol. The highest BCUT2D eigenvalue weighted by Crippen LogP contribution is 2.44. The van der Waals surface area contributed by atoms with Crippen molar-refractivity contribution in [2.45, 2.75) is 30.9 Å². The predicted octanol–water partition coefficient (Wildman–Crippen LogP) is 1.46. The van der Waals surface area contributed by atoms with Gasteiger partial charge in [0.15, 0.2) is 0 Å². The Hall–Kier alpha value is -1.10. The second kappa shape index (κ2) is 3.95. The summed E-state index contributed by atoms with van der Waals surface area (Å²) in [4.78, 5) is 12.0. The van der Waals surface area contributed by atoms with Crippen molar-refractivity contribution >= 4 is 15.9 Å². The summed E-state index contributed by atoms with van der Waals surface area (Å²) < 4.78 is 25.8. The molecule has 18 heavy (non-hydrogen) atoms. The van der Waals surface area contributed by atoms with E-state index in [1.165, 1.54) is 7.05 Å². The van der Waals surface area contributed by atoms with E-state index in [1.807, 2.05) is 6.08 Å². The van der Waals surface area contributed by atoms with Crippen LogP contribution in [0.1, 0.15) is 25.7 Å². The molecule has 0 spiro atoms. The molecule has 1 heterocycles. The van der Waals surface area contributed by atoms with Crippen molar-refractivity contribution in [1.82, 2.24) is 4.31 Å². The second-order valence-corrected chi connectivity index (χ2v) is 7.48. The molecule has 0 aromatic carbocycles. The third kappa shape index (κ3) is 1.56. The number of rotatable bonds is 0. The van der Waals surface area contributed by atoms with Gasteiger partial charge in [-0.2, -0.15) is 0 Å². The van der Waals surface area contributed by atoms with Gasteiger partial charge in [-0.1, -0.05) is 23.8 Å². The van der Waals surface area contributed by atoms with Crippen molar-refractivity contribution in [3.63, 3.8) is 0 Å². The van der Waals surface area contributed by atoms with Gasteiger partial charge in [-0.15, -0.1) is 0 Å². The van der Waals surface area contributed by atoms with Gasteiger partial charge in [0, 0.05) is 19.4 Å². The molecule has 5 heteroatoms. The molecule has 1 aliphatic heterocycles. The standard InChI is InChI=1S/C13H17NO3S/c1-14-12(15)8-10-6-2-4-9-5-3-7-11(13(9)10)18(14,16)17/h3,6-7,9,11,13H,2,4-5,8H2,1H3. The number of sulfonamides is 1. The van der Waals surface area contributed by atoms with Crippen LogP contribution in [-0.4, -0.2) is 30.9 Å². The van der Waals surface area contributed by atoms with Crippen LogP contribution in [0.4, 0.5) is 0 Å². The van der Waals surface area contributed by atoms with E-state index in [1.54, 1.807) is 6.08 Å². The highest BCUT2D eigenvalue weighted by molar-refractivity contribution is 7.90. The average Bonchev–Trinajstić information content (AvgIpc) is 2.43. The summed E-state index contributed by atoms with van der Waals surface area (Å²) in [6, 6.07) is 0. The van der Waals surface area contributed by atoms with Crippen molar-refractivity contribution in [2.24, 2.45) is 11.8 Å². The minimum atomic E-state index is -3.53. The zero-order chi connectivity index (χ0) is 12.9. The highest BCUT2D eigenvalue weighted by atomic mass is 32.2. The van der Waals surface area contributed by atoms with E-state index < -0.39 is 15.3 Å². The average molecular weight is 267 g/mol. The number of carbonyl (C=O) groups is 1. The van der Waals surface area contributed by atoms with E-state index in [0.717, 1.165) is 29.1 Å². The molecule has 3 atom stereocenters. The van der Waals surface area contributed by atoms with Crippen LogP contribution < -0.4 is 0 Å². The molecule has 0 bridgehead atoms. The number of nitrogens with zero attached hydrogens (tertiary/aromatic N) is 1. The fraction of sp³-hybridized carbons (Fsp3) is 0.615. The number of hydrogen-bond donors (Lipinski definition) is 0. The van der Waals surface area contributed by atoms with Crippen molar-refractivity contribution in [1.29, 1.82) is 0 Å². The molecule has 2 aliphatic carbocycles. The maximum absolute atomic E-state index is 12.4. The Morgan fingerprint density at radius 1 is 1.39 bits per heavy atom. The molecule has 0 aromatic rings. The van der Waals surface area contributed by atoms with Crippen LogP contribution in [0, 0.1) is 11.8 Å². The zero-order valence-electron chi connectivity index (χ0n) is 10.4. The number of allylic oxidation sites excluding steroid dienone is 2. The van der Waals surface area contributed by atoms with Crippen LogP contribution >= 0.6 is 0 Å². The van der Waals surface area contributed by atoms with Crippen molar-refractivity contribution in [3.8, 4) is 0 Å². The molecule has 98 valence electrons. The maximum Gasteiger partial charge on any atom is 0.244 e. The lowest BCUT2D eigenvalue weighted by Crippen LogP contribution is -2.42. The van der Waals surface area contributed by atoms with Crippen molar-refractivity contribution < 1.29 is 13.2 Å². The molecule has 1 amide bonds. The first kappa shape index (κ1) is 12.0. The minimum absolute atomic E-state index is 0.0163. The Balaban J connectivity index is 2.17. The Kier molecular flexibility index (Phi) is 2.62. The quantitative estimate of drug-likeness (QED) is 0.624. The molecule has 1 fully saturated rings. The SMILES string of the molecule is CN1C(=O)CC2=CCCC3CC=CC(C23)S1(=O)=O. The minimum Gasteiger partial charge on any atom is -0.273 e. The first-order valence-electron chi connectivity index (χ1n) is 6.38. The summed E-state index contributed by atoms with van der Waals surface area (Å²) in [7, 11) is -2.15. The fourth-order valence-electron chi connectivity index (χ4n) is 3.44. The third-order valence-electron chi connectivity index (χ3n) is 4.43. The molecule has 3 aliphatic rings. The number of carbonyl (C=O) groups excluding carboxylic acids is 1. The topological polar surface area (TPSA) is 54.5 Å². The largest absolute Gasteiger partial charge is 0.273 e. The van der Waals surface area contributed by atoms with Gasteiger partial charge in [-0.3, -0.25) is 4.79 Å². The van der Waals surface area contributed by atoms with Gasteiger partial charge in [0.2, 0.25) is 15.9 Å². The molecule has 4 nitrogen and oxygen atoms in total. The highest BCUT2D eigenvalue weighted by Gasteiger charge is 2.47. The Morgan fingerprint density at radius 3 is 2.94 bits per heavy atom. The molecule has 0 N–H and O–H groups in total. The van der Waals surface area contributed by atoms with Gasteiger partial charge in [0.25, 0.3) is 0 Å². The lowest BCUT2D eigenvalue weighted by molar-refractivity contribution is -0.124. The molecule has 0 radical (unpaired) electrons. The van der Waals surface area contributed by atoms with E-state index in [-0.39, 0.29) is 18.2 Å². The first-order chi connectivity index (χ1) is 8.51. The monoisotopic (exact) mass is 267 g/mol. The van der Waals surface area contributed by atoms with Gasteiger partial charge in [-0.25, -0.2) is 12.7 Å². The van der Waals surface area contributed by atoms with E-state index in [4.69, 9.17) is 0 Å². The van der Waals surface area contributed by atoms with Crippen LogP contribution in [0.5, 0.6) is 0 Å². The summed E-state index contributed by atoms with van der Waals surface area (Å²) in [5.74, 6) is 0.0985. The van der Waals surface area contributed by atoms with Crippen LogP contribution in [0.25, 0.3) is 0 Å². The smallest absolute Gasteiger partial charge is 0.244 e. The van der Waals surface area contributed by atoms with E-state index in [0.29, 0.717) is 5.92 Å². The molecule has 1 saturated heterocycles. The van der Waals surface area contributed by atoms with Gasteiger partial charge in [0.1, 0.15) is 5.25 Å². The summed E-state index contributed by atoms with van der Waals surface area (Å²) in [5.41, 5.74) is 1.04. The van der Waals surface area contributed by atoms with Crippen LogP contribution in [0.15, 0.2) is 23.8 Å². The molecule has 3 unspecified atom stereocenters. The maximum atomic E-state index is 12.4. The normalized spacial score (nSPS) is 37.8. The summed E-state index contributed by atoms with van der Waals surface area (Å²) in [5, 5.41) is -0.542. The Bertz CT molecular complexity index is 547. The predicted molar refractivity (Wildman–Crippen MR) is 68.1 cm³/mol. The van der Waals surface area contributed by atoms with Crippen LogP contribution in [-0.2, 0) is 14.8 Å². The third-order valence-corrected chi connectivity index (χ3v) is 6.54. The van der Waals surface area contributed by atoms with E-state index in [2.05, 4.69) is 6.08 Å². The molecule has 0 aromatic heterocycles. The summed E-state index contributed by atoms with van der Waals surface area (Å²) in [6.07, 6.45) is 9.03. The summed E-state index contributed by atoms with van der Waals surface area (Å²) >= 11 is 0. The Labute approximate surface area is 107 Å². The van der Waals surface area contributed by atoms with Crippen molar-refractivity contribution in [2.75, 3.05) is 7.05 Å². The lowest BCUT2D eigenvalue weighted by atomic mass is 9.71. The van der Waals surface area contributed by atoms with Gasteiger partial charge >= 0.3 is 0 Å². The number of amides is 1. The van der Waals surface area contributed by atoms with E-state index in [9.17, 15) is 13.2 Å². The Morgan fingerprint density at radius 2 is 2.17 bits per heavy atom. The summed E-state index contributed by atoms with van der Waals surface area (Å²) in [6.45, 7) is 0. The van der Waals surface area contributed by atoms with Crippen LogP contribution in [0.3, 0.4) is 0 Å². The number of hydrogen-bond acceptors (Lipinski definition) is 3.